The predicted molar refractivity (Wildman–Crippen MR) is 82.4 cm³/mol. The van der Waals surface area contributed by atoms with Crippen LogP contribution in [-0.2, 0) is 17.0 Å². The number of likely N-dealkylation sites (N-methyl/N-ethyl adjacent to an activating group) is 1. The van der Waals surface area contributed by atoms with E-state index in [-0.39, 0.29) is 5.91 Å². The Hall–Kier alpha value is -1.41. The van der Waals surface area contributed by atoms with Gasteiger partial charge in [0.1, 0.15) is 10.8 Å². The molecule has 2 aromatic heterocycles. The maximum Gasteiger partial charge on any atom is 0.228 e. The fraction of sp³-hybridized carbons (Fsp3) is 0.538. The molecule has 0 unspecified atom stereocenters. The van der Waals surface area contributed by atoms with E-state index in [9.17, 15) is 4.79 Å². The van der Waals surface area contributed by atoms with Gasteiger partial charge in [0.15, 0.2) is 0 Å². The molecule has 1 aliphatic rings. The molecule has 1 aliphatic carbocycles. The number of nitrogens with one attached hydrogen (secondary N) is 1. The molecule has 112 valence electrons. The van der Waals surface area contributed by atoms with Crippen LogP contribution in [0.3, 0.4) is 0 Å². The molecular weight excluding hydrogens is 306 g/mol. The van der Waals surface area contributed by atoms with E-state index in [0.717, 1.165) is 27.4 Å². The van der Waals surface area contributed by atoms with Gasteiger partial charge in [-0.25, -0.2) is 9.97 Å². The second-order valence-electron chi connectivity index (χ2n) is 5.26. The largest absolute Gasteiger partial charge is 0.348 e. The molecule has 0 aliphatic heterocycles. The topological polar surface area (TPSA) is 74.8 Å². The number of thioether (sulfide) groups is 1. The average Bonchev–Trinajstić information content (AvgIpc) is 3.03. The van der Waals surface area contributed by atoms with Crippen molar-refractivity contribution in [2.75, 3.05) is 14.1 Å². The minimum absolute atomic E-state index is 0.0756. The summed E-state index contributed by atoms with van der Waals surface area (Å²) in [5, 5.41) is 10.8. The zero-order valence-electron chi connectivity index (χ0n) is 12.0. The first-order chi connectivity index (χ1) is 10.1. The van der Waals surface area contributed by atoms with Crippen LogP contribution in [0.1, 0.15) is 35.3 Å². The number of rotatable bonds is 6. The van der Waals surface area contributed by atoms with E-state index in [0.29, 0.717) is 12.3 Å². The average molecular weight is 323 g/mol. The Morgan fingerprint density at radius 2 is 2.29 bits per heavy atom. The lowest BCUT2D eigenvalue weighted by Crippen LogP contribution is -2.23. The molecule has 21 heavy (non-hydrogen) atoms. The molecule has 1 amide bonds. The number of nitrogens with zero attached hydrogens (tertiary/aromatic N) is 4. The number of hydrogen-bond donors (Lipinski definition) is 1. The van der Waals surface area contributed by atoms with Gasteiger partial charge in [-0.1, -0.05) is 11.8 Å². The quantitative estimate of drug-likeness (QED) is 0.824. The maximum absolute atomic E-state index is 11.6. The Morgan fingerprint density at radius 3 is 3.00 bits per heavy atom. The fourth-order valence-electron chi connectivity index (χ4n) is 1.78. The number of carbonyl (C=O) groups excluding carboxylic acids is 1. The van der Waals surface area contributed by atoms with Gasteiger partial charge in [-0.05, 0) is 12.8 Å². The van der Waals surface area contributed by atoms with Gasteiger partial charge >= 0.3 is 0 Å². The van der Waals surface area contributed by atoms with Crippen LogP contribution >= 0.6 is 23.1 Å². The first kappa shape index (κ1) is 14.5. The second-order valence-corrected chi connectivity index (χ2v) is 7.15. The van der Waals surface area contributed by atoms with Crippen LogP contribution in [0.5, 0.6) is 0 Å². The van der Waals surface area contributed by atoms with Crippen molar-refractivity contribution in [1.29, 1.82) is 0 Å². The van der Waals surface area contributed by atoms with Crippen LogP contribution in [0.2, 0.25) is 0 Å². The summed E-state index contributed by atoms with van der Waals surface area (Å²) in [6.45, 7) is 0. The number of aromatic nitrogens is 4. The van der Waals surface area contributed by atoms with E-state index in [1.165, 1.54) is 24.2 Å². The van der Waals surface area contributed by atoms with Gasteiger partial charge in [0, 0.05) is 31.1 Å². The van der Waals surface area contributed by atoms with Crippen molar-refractivity contribution in [3.63, 3.8) is 0 Å². The molecule has 0 atom stereocenters. The first-order valence-electron chi connectivity index (χ1n) is 6.80. The molecule has 0 radical (unpaired) electrons. The number of aromatic amines is 1. The molecule has 1 saturated carbocycles. The van der Waals surface area contributed by atoms with Crippen molar-refractivity contribution in [2.24, 2.45) is 0 Å². The second kappa shape index (κ2) is 6.15. The number of carbonyl (C=O) groups is 1. The molecule has 2 aromatic rings. The molecular formula is C13H17N5OS2. The lowest BCUT2D eigenvalue weighted by molar-refractivity contribution is -0.127. The Kier molecular flexibility index (Phi) is 4.25. The predicted octanol–water partition coefficient (Wildman–Crippen LogP) is 2.06. The van der Waals surface area contributed by atoms with Crippen LogP contribution in [-0.4, -0.2) is 45.1 Å². The van der Waals surface area contributed by atoms with Gasteiger partial charge in [-0.2, -0.15) is 0 Å². The van der Waals surface area contributed by atoms with E-state index in [1.807, 2.05) is 5.38 Å². The smallest absolute Gasteiger partial charge is 0.228 e. The molecule has 0 saturated heterocycles. The highest BCUT2D eigenvalue weighted by Crippen LogP contribution is 2.38. The van der Waals surface area contributed by atoms with Crippen LogP contribution in [0.15, 0.2) is 10.5 Å². The molecule has 0 aromatic carbocycles. The fourth-order valence-corrected chi connectivity index (χ4v) is 3.37. The molecule has 2 heterocycles. The van der Waals surface area contributed by atoms with E-state index < -0.39 is 0 Å². The molecule has 1 fully saturated rings. The van der Waals surface area contributed by atoms with Crippen molar-refractivity contribution >= 4 is 29.0 Å². The summed E-state index contributed by atoms with van der Waals surface area (Å²) >= 11 is 3.10. The monoisotopic (exact) mass is 323 g/mol. The zero-order chi connectivity index (χ0) is 14.8. The third-order valence-corrected chi connectivity index (χ3v) is 4.97. The Morgan fingerprint density at radius 1 is 1.48 bits per heavy atom. The van der Waals surface area contributed by atoms with E-state index >= 15 is 0 Å². The van der Waals surface area contributed by atoms with Gasteiger partial charge in [-0.3, -0.25) is 9.89 Å². The van der Waals surface area contributed by atoms with Crippen LogP contribution in [0.25, 0.3) is 0 Å². The van der Waals surface area contributed by atoms with Gasteiger partial charge in [0.2, 0.25) is 11.1 Å². The first-order valence-corrected chi connectivity index (χ1v) is 8.67. The van der Waals surface area contributed by atoms with Crippen molar-refractivity contribution in [2.45, 2.75) is 36.1 Å². The van der Waals surface area contributed by atoms with Crippen molar-refractivity contribution in [3.05, 3.63) is 21.9 Å². The van der Waals surface area contributed by atoms with Crippen molar-refractivity contribution in [3.8, 4) is 0 Å². The Labute approximate surface area is 131 Å². The third-order valence-electron chi connectivity index (χ3n) is 3.20. The van der Waals surface area contributed by atoms with Crippen LogP contribution < -0.4 is 0 Å². The number of H-pyrrole nitrogens is 1. The van der Waals surface area contributed by atoms with Crippen LogP contribution in [0, 0.1) is 0 Å². The summed E-state index contributed by atoms with van der Waals surface area (Å²) in [5.74, 6) is 2.41. The summed E-state index contributed by atoms with van der Waals surface area (Å²) in [6.07, 6.45) is 2.80. The van der Waals surface area contributed by atoms with E-state index in [4.69, 9.17) is 0 Å². The van der Waals surface area contributed by atoms with Gasteiger partial charge in [-0.15, -0.1) is 16.4 Å². The third kappa shape index (κ3) is 3.82. The minimum Gasteiger partial charge on any atom is -0.348 e. The summed E-state index contributed by atoms with van der Waals surface area (Å²) in [6, 6.07) is 0. The van der Waals surface area contributed by atoms with Crippen LogP contribution in [0.4, 0.5) is 0 Å². The molecule has 8 heteroatoms. The number of hydrogen-bond acceptors (Lipinski definition) is 6. The highest BCUT2D eigenvalue weighted by Gasteiger charge is 2.27. The zero-order valence-corrected chi connectivity index (χ0v) is 13.6. The molecule has 0 bridgehead atoms. The minimum atomic E-state index is 0.0756. The summed E-state index contributed by atoms with van der Waals surface area (Å²) < 4.78 is 0. The molecule has 6 nitrogen and oxygen atoms in total. The van der Waals surface area contributed by atoms with Gasteiger partial charge in [0.05, 0.1) is 12.1 Å². The number of amides is 1. The lowest BCUT2D eigenvalue weighted by atomic mass is 10.4. The highest BCUT2D eigenvalue weighted by molar-refractivity contribution is 7.98. The standard InChI is InChI=1S/C13H17N5OS2/c1-18(2)11(19)5-10-14-9(6-20-10)7-21-13-15-12(16-17-13)8-3-4-8/h6,8H,3-5,7H2,1-2H3,(H,15,16,17). The van der Waals surface area contributed by atoms with Gasteiger partial charge in [0.25, 0.3) is 0 Å². The van der Waals surface area contributed by atoms with E-state index in [2.05, 4.69) is 20.2 Å². The number of thiazole rings is 1. The molecule has 0 spiro atoms. The summed E-state index contributed by atoms with van der Waals surface area (Å²) in [7, 11) is 3.51. The van der Waals surface area contributed by atoms with Crippen molar-refractivity contribution in [1.82, 2.24) is 25.1 Å². The van der Waals surface area contributed by atoms with Crippen molar-refractivity contribution < 1.29 is 4.79 Å². The summed E-state index contributed by atoms with van der Waals surface area (Å²) in [4.78, 5) is 22.2. The highest BCUT2D eigenvalue weighted by atomic mass is 32.2. The molecule has 3 rings (SSSR count). The lowest BCUT2D eigenvalue weighted by Gasteiger charge is -2.07. The molecule has 1 N–H and O–H groups in total. The maximum atomic E-state index is 11.6. The summed E-state index contributed by atoms with van der Waals surface area (Å²) in [5.41, 5.74) is 0.976. The van der Waals surface area contributed by atoms with Gasteiger partial charge < -0.3 is 4.90 Å². The Balaban J connectivity index is 1.53. The van der Waals surface area contributed by atoms with E-state index in [1.54, 1.807) is 30.8 Å². The SMILES string of the molecule is CN(C)C(=O)Cc1nc(CSc2n[nH]c(C3CC3)n2)cs1. The normalized spacial score (nSPS) is 14.4. The Bertz CT molecular complexity index is 632.